The fourth-order valence-electron chi connectivity index (χ4n) is 3.87. The van der Waals surface area contributed by atoms with Gasteiger partial charge < -0.3 is 4.52 Å². The maximum atomic E-state index is 12.7. The topological polar surface area (TPSA) is 55.1 Å². The fourth-order valence-corrected chi connectivity index (χ4v) is 3.87. The number of hydrogen-bond donors (Lipinski definition) is 0. The Labute approximate surface area is 185 Å². The summed E-state index contributed by atoms with van der Waals surface area (Å²) < 4.78 is 43.6. The van der Waals surface area contributed by atoms with E-state index in [1.54, 1.807) is 0 Å². The summed E-state index contributed by atoms with van der Waals surface area (Å²) in [5.41, 5.74) is 0.896. The van der Waals surface area contributed by atoms with Crippen molar-refractivity contribution in [2.45, 2.75) is 50.9 Å². The third kappa shape index (κ3) is 6.04. The number of nitrogens with zero attached hydrogens (tertiary/aromatic N) is 4. The predicted molar refractivity (Wildman–Crippen MR) is 113 cm³/mol. The van der Waals surface area contributed by atoms with E-state index in [-0.39, 0.29) is 12.4 Å². The number of likely N-dealkylation sites (tertiary alicyclic amines) is 1. The highest BCUT2D eigenvalue weighted by Gasteiger charge is 2.30. The van der Waals surface area contributed by atoms with Crippen molar-refractivity contribution in [3.63, 3.8) is 0 Å². The lowest BCUT2D eigenvalue weighted by Gasteiger charge is -2.34. The molecule has 1 unspecified atom stereocenters. The van der Waals surface area contributed by atoms with Crippen molar-refractivity contribution < 1.29 is 17.7 Å². The van der Waals surface area contributed by atoms with E-state index in [0.29, 0.717) is 29.9 Å². The number of hydrogen-bond acceptors (Lipinski definition) is 5. The van der Waals surface area contributed by atoms with E-state index in [2.05, 4.69) is 20.0 Å². The zero-order chi connectivity index (χ0) is 21.0. The number of benzene rings is 1. The first-order valence-corrected chi connectivity index (χ1v) is 10.1. The van der Waals surface area contributed by atoms with Gasteiger partial charge in [-0.25, -0.2) is 0 Å². The van der Waals surface area contributed by atoms with Gasteiger partial charge in [0.25, 0.3) is 0 Å². The Kier molecular flexibility index (Phi) is 7.67. The summed E-state index contributed by atoms with van der Waals surface area (Å²) in [6.07, 6.45) is 2.82. The van der Waals surface area contributed by atoms with E-state index in [0.717, 1.165) is 50.1 Å². The van der Waals surface area contributed by atoms with Crippen LogP contribution in [0.5, 0.6) is 0 Å². The van der Waals surface area contributed by atoms with Crippen LogP contribution in [-0.4, -0.2) is 32.6 Å². The van der Waals surface area contributed by atoms with Gasteiger partial charge in [-0.05, 0) is 56.5 Å². The van der Waals surface area contributed by atoms with Crippen LogP contribution in [0, 0.1) is 0 Å². The Morgan fingerprint density at radius 2 is 1.87 bits per heavy atom. The first-order valence-electron chi connectivity index (χ1n) is 10.1. The molecule has 2 aromatic heterocycles. The lowest BCUT2D eigenvalue weighted by molar-refractivity contribution is -0.137. The van der Waals surface area contributed by atoms with Crippen LogP contribution in [0.3, 0.4) is 0 Å². The summed E-state index contributed by atoms with van der Waals surface area (Å²) in [5, 5.41) is 3.96. The molecule has 1 aliphatic heterocycles. The Morgan fingerprint density at radius 1 is 1.06 bits per heavy atom. The molecule has 0 N–H and O–H groups in total. The lowest BCUT2D eigenvalue weighted by Crippen LogP contribution is -2.39. The molecule has 1 fully saturated rings. The smallest absolute Gasteiger partial charge is 0.338 e. The molecule has 166 valence electrons. The van der Waals surface area contributed by atoms with E-state index < -0.39 is 11.7 Å². The molecule has 0 spiro atoms. The van der Waals surface area contributed by atoms with E-state index in [4.69, 9.17) is 4.52 Å². The van der Waals surface area contributed by atoms with Crippen LogP contribution < -0.4 is 0 Å². The lowest BCUT2D eigenvalue weighted by atomic mass is 9.97. The number of aryl methyl sites for hydroxylation is 1. The molecule has 1 saturated heterocycles. The fraction of sp³-hybridized carbons (Fsp3) is 0.409. The summed E-state index contributed by atoms with van der Waals surface area (Å²) in [7, 11) is 0. The van der Waals surface area contributed by atoms with Gasteiger partial charge in [-0.1, -0.05) is 29.8 Å². The predicted octanol–water partition coefficient (Wildman–Crippen LogP) is 5.56. The highest BCUT2D eigenvalue weighted by Crippen LogP contribution is 2.30. The molecule has 5 nitrogen and oxygen atoms in total. The minimum absolute atomic E-state index is 0. The zero-order valence-corrected chi connectivity index (χ0v) is 17.7. The largest absolute Gasteiger partial charge is 0.416 e. The van der Waals surface area contributed by atoms with E-state index in [1.807, 2.05) is 24.4 Å². The second kappa shape index (κ2) is 10.2. The second-order valence-electron chi connectivity index (χ2n) is 7.57. The minimum atomic E-state index is -4.36. The van der Waals surface area contributed by atoms with Crippen LogP contribution in [0.25, 0.3) is 11.4 Å². The monoisotopic (exact) mass is 452 g/mol. The van der Waals surface area contributed by atoms with Gasteiger partial charge in [0.05, 0.1) is 12.1 Å². The standard InChI is InChI=1S/C22H23F3N4O.ClH/c23-22(24,25)17-9-7-16(8-10-17)21-27-20(30-28-21)15-29-14-4-2-6-19(29)12-11-18-5-1-3-13-26-18;/h1,3,5,7-10,13,19H,2,4,6,11-12,14-15H2;1H. The normalized spacial score (nSPS) is 17.3. The second-order valence-corrected chi connectivity index (χ2v) is 7.57. The van der Waals surface area contributed by atoms with Crippen molar-refractivity contribution in [2.24, 2.45) is 0 Å². The molecule has 0 aliphatic carbocycles. The van der Waals surface area contributed by atoms with Crippen LogP contribution in [0.4, 0.5) is 13.2 Å². The van der Waals surface area contributed by atoms with Crippen molar-refractivity contribution in [3.05, 3.63) is 65.8 Å². The first kappa shape index (κ1) is 23.2. The van der Waals surface area contributed by atoms with Crippen molar-refractivity contribution in [2.75, 3.05) is 6.54 Å². The summed E-state index contributed by atoms with van der Waals surface area (Å²) in [4.78, 5) is 11.2. The maximum Gasteiger partial charge on any atom is 0.416 e. The summed E-state index contributed by atoms with van der Waals surface area (Å²) in [6.45, 7) is 1.51. The Morgan fingerprint density at radius 3 is 2.58 bits per heavy atom. The number of rotatable bonds is 6. The van der Waals surface area contributed by atoms with Crippen LogP contribution in [-0.2, 0) is 19.1 Å². The third-order valence-corrected chi connectivity index (χ3v) is 5.49. The Hall–Kier alpha value is -2.45. The molecule has 0 saturated carbocycles. The number of halogens is 4. The molecule has 0 bridgehead atoms. The number of piperidine rings is 1. The van der Waals surface area contributed by atoms with Gasteiger partial charge in [0, 0.05) is 23.5 Å². The molecular weight excluding hydrogens is 429 g/mol. The van der Waals surface area contributed by atoms with Gasteiger partial charge >= 0.3 is 6.18 Å². The maximum absolute atomic E-state index is 12.7. The average Bonchev–Trinajstić information content (AvgIpc) is 3.22. The number of alkyl halides is 3. The molecule has 3 aromatic rings. The summed E-state index contributed by atoms with van der Waals surface area (Å²) >= 11 is 0. The molecule has 4 rings (SSSR count). The first-order chi connectivity index (χ1) is 14.5. The molecule has 0 amide bonds. The van der Waals surface area contributed by atoms with Gasteiger partial charge in [-0.15, -0.1) is 12.4 Å². The number of pyridine rings is 1. The van der Waals surface area contributed by atoms with E-state index >= 15 is 0 Å². The summed E-state index contributed by atoms with van der Waals surface area (Å²) in [5.74, 6) is 0.787. The van der Waals surface area contributed by atoms with Crippen molar-refractivity contribution in [1.29, 1.82) is 0 Å². The van der Waals surface area contributed by atoms with Crippen molar-refractivity contribution >= 4 is 12.4 Å². The van der Waals surface area contributed by atoms with E-state index in [1.165, 1.54) is 18.6 Å². The van der Waals surface area contributed by atoms with Gasteiger partial charge in [0.1, 0.15) is 0 Å². The molecule has 0 radical (unpaired) electrons. The van der Waals surface area contributed by atoms with Crippen LogP contribution in [0.1, 0.15) is 42.8 Å². The highest BCUT2D eigenvalue weighted by molar-refractivity contribution is 5.85. The minimum Gasteiger partial charge on any atom is -0.338 e. The summed E-state index contributed by atoms with van der Waals surface area (Å²) in [6, 6.07) is 11.2. The molecule has 1 aliphatic rings. The molecule has 31 heavy (non-hydrogen) atoms. The van der Waals surface area contributed by atoms with Crippen LogP contribution >= 0.6 is 12.4 Å². The quantitative estimate of drug-likeness (QED) is 0.490. The van der Waals surface area contributed by atoms with Gasteiger partial charge in [-0.3, -0.25) is 9.88 Å². The number of aromatic nitrogens is 3. The van der Waals surface area contributed by atoms with Gasteiger partial charge in [0.2, 0.25) is 11.7 Å². The third-order valence-electron chi connectivity index (χ3n) is 5.49. The van der Waals surface area contributed by atoms with Crippen molar-refractivity contribution in [3.8, 4) is 11.4 Å². The molecular formula is C22H24ClF3N4O. The molecule has 1 atom stereocenters. The molecule has 3 heterocycles. The molecule has 9 heteroatoms. The zero-order valence-electron chi connectivity index (χ0n) is 16.9. The average molecular weight is 453 g/mol. The van der Waals surface area contributed by atoms with E-state index in [9.17, 15) is 13.2 Å². The Bertz CT molecular complexity index is 947. The van der Waals surface area contributed by atoms with Crippen LogP contribution in [0.2, 0.25) is 0 Å². The van der Waals surface area contributed by atoms with Crippen molar-refractivity contribution in [1.82, 2.24) is 20.0 Å². The highest BCUT2D eigenvalue weighted by atomic mass is 35.5. The SMILES string of the molecule is Cl.FC(F)(F)c1ccc(-c2noc(CN3CCCCC3CCc3ccccn3)n2)cc1. The van der Waals surface area contributed by atoms with Gasteiger partial charge in [-0.2, -0.15) is 18.2 Å². The van der Waals surface area contributed by atoms with Gasteiger partial charge in [0.15, 0.2) is 0 Å². The molecule has 1 aromatic carbocycles. The van der Waals surface area contributed by atoms with Crippen LogP contribution in [0.15, 0.2) is 53.2 Å². The Balaban J connectivity index is 0.00000272.